The molecule has 0 bridgehead atoms. The Morgan fingerprint density at radius 2 is 1.86 bits per heavy atom. The number of anilines is 1. The SMILES string of the molecule is O=C1CCCC(=O)N1CCS(=O)(=O)NCCNc1ccc(-n2cccn2)nn1. The topological polar surface area (TPSA) is 139 Å². The number of imide groups is 1. The molecular formula is C16H21N7O4S. The average Bonchev–Trinajstić information content (AvgIpc) is 3.20. The Morgan fingerprint density at radius 3 is 2.50 bits per heavy atom. The molecule has 0 spiro atoms. The van der Waals surface area contributed by atoms with E-state index in [0.29, 0.717) is 24.6 Å². The molecule has 0 unspecified atom stereocenters. The van der Waals surface area contributed by atoms with Gasteiger partial charge in [0.2, 0.25) is 21.8 Å². The fourth-order valence-corrected chi connectivity index (χ4v) is 3.66. The second-order valence-electron chi connectivity index (χ2n) is 6.16. The minimum atomic E-state index is -3.60. The number of rotatable bonds is 9. The molecule has 0 radical (unpaired) electrons. The third-order valence-electron chi connectivity index (χ3n) is 4.11. The highest BCUT2D eigenvalue weighted by Crippen LogP contribution is 2.12. The Balaban J connectivity index is 1.40. The molecule has 3 heterocycles. The highest BCUT2D eigenvalue weighted by Gasteiger charge is 2.27. The fraction of sp³-hybridized carbons (Fsp3) is 0.438. The molecule has 0 atom stereocenters. The van der Waals surface area contributed by atoms with Gasteiger partial charge in [-0.1, -0.05) is 0 Å². The third-order valence-corrected chi connectivity index (χ3v) is 5.47. The molecule has 1 fully saturated rings. The molecule has 1 aliphatic heterocycles. The highest BCUT2D eigenvalue weighted by molar-refractivity contribution is 7.89. The number of likely N-dealkylation sites (tertiary alicyclic amines) is 1. The van der Waals surface area contributed by atoms with Crippen molar-refractivity contribution in [1.29, 1.82) is 0 Å². The third kappa shape index (κ3) is 5.33. The lowest BCUT2D eigenvalue weighted by atomic mass is 10.1. The summed E-state index contributed by atoms with van der Waals surface area (Å²) in [6.45, 7) is 0.310. The predicted molar refractivity (Wildman–Crippen MR) is 100 cm³/mol. The number of hydrogen-bond donors (Lipinski definition) is 2. The zero-order chi connectivity index (χ0) is 20.0. The molecular weight excluding hydrogens is 386 g/mol. The maximum atomic E-state index is 12.0. The zero-order valence-corrected chi connectivity index (χ0v) is 15.9. The number of carbonyl (C=O) groups excluding carboxylic acids is 2. The largest absolute Gasteiger partial charge is 0.367 e. The smallest absolute Gasteiger partial charge is 0.229 e. The summed E-state index contributed by atoms with van der Waals surface area (Å²) in [6.07, 6.45) is 4.47. The van der Waals surface area contributed by atoms with Gasteiger partial charge < -0.3 is 5.32 Å². The van der Waals surface area contributed by atoms with E-state index in [1.54, 1.807) is 35.3 Å². The van der Waals surface area contributed by atoms with Crippen LogP contribution in [-0.2, 0) is 19.6 Å². The van der Waals surface area contributed by atoms with Gasteiger partial charge in [-0.05, 0) is 24.6 Å². The maximum Gasteiger partial charge on any atom is 0.229 e. The van der Waals surface area contributed by atoms with Gasteiger partial charge in [0.05, 0.1) is 5.75 Å². The van der Waals surface area contributed by atoms with Crippen molar-refractivity contribution in [2.45, 2.75) is 19.3 Å². The zero-order valence-electron chi connectivity index (χ0n) is 15.1. The van der Waals surface area contributed by atoms with E-state index >= 15 is 0 Å². The number of nitrogens with one attached hydrogen (secondary N) is 2. The summed E-state index contributed by atoms with van der Waals surface area (Å²) in [6, 6.07) is 5.22. The van der Waals surface area contributed by atoms with E-state index < -0.39 is 10.0 Å². The number of nitrogens with zero attached hydrogens (tertiary/aromatic N) is 5. The normalized spacial score (nSPS) is 15.1. The first-order valence-corrected chi connectivity index (χ1v) is 10.5. The first kappa shape index (κ1) is 19.9. The van der Waals surface area contributed by atoms with Crippen LogP contribution in [0.25, 0.3) is 5.82 Å². The maximum absolute atomic E-state index is 12.0. The van der Waals surface area contributed by atoms with Crippen molar-refractivity contribution in [2.24, 2.45) is 0 Å². The van der Waals surface area contributed by atoms with Crippen LogP contribution in [0.5, 0.6) is 0 Å². The van der Waals surface area contributed by atoms with Gasteiger partial charge in [0.15, 0.2) is 5.82 Å². The van der Waals surface area contributed by atoms with Gasteiger partial charge in [-0.25, -0.2) is 17.8 Å². The van der Waals surface area contributed by atoms with Crippen LogP contribution < -0.4 is 10.0 Å². The lowest BCUT2D eigenvalue weighted by Gasteiger charge is -2.24. The highest BCUT2D eigenvalue weighted by atomic mass is 32.2. The van der Waals surface area contributed by atoms with Gasteiger partial charge in [0.25, 0.3) is 0 Å². The molecule has 150 valence electrons. The molecule has 28 heavy (non-hydrogen) atoms. The number of amides is 2. The quantitative estimate of drug-likeness (QED) is 0.420. The van der Waals surface area contributed by atoms with Crippen LogP contribution in [0.3, 0.4) is 0 Å². The van der Waals surface area contributed by atoms with E-state index in [-0.39, 0.29) is 43.5 Å². The molecule has 2 amide bonds. The van der Waals surface area contributed by atoms with Crippen molar-refractivity contribution in [1.82, 2.24) is 29.6 Å². The summed E-state index contributed by atoms with van der Waals surface area (Å²) in [5.74, 6) is 0.122. The molecule has 2 aromatic heterocycles. The van der Waals surface area contributed by atoms with Crippen LogP contribution in [0.15, 0.2) is 30.6 Å². The monoisotopic (exact) mass is 407 g/mol. The number of aromatic nitrogens is 4. The first-order chi connectivity index (χ1) is 13.4. The fourth-order valence-electron chi connectivity index (χ4n) is 2.68. The molecule has 1 saturated heterocycles. The molecule has 1 aliphatic rings. The lowest BCUT2D eigenvalue weighted by Crippen LogP contribution is -2.44. The molecule has 0 aromatic carbocycles. The van der Waals surface area contributed by atoms with Gasteiger partial charge in [-0.3, -0.25) is 14.5 Å². The van der Waals surface area contributed by atoms with Gasteiger partial charge in [-0.2, -0.15) is 5.10 Å². The van der Waals surface area contributed by atoms with Crippen LogP contribution in [-0.4, -0.2) is 70.5 Å². The van der Waals surface area contributed by atoms with Crippen LogP contribution in [0, 0.1) is 0 Å². The van der Waals surface area contributed by atoms with Gasteiger partial charge in [0, 0.05) is 44.9 Å². The second kappa shape index (κ2) is 8.89. The van der Waals surface area contributed by atoms with Crippen molar-refractivity contribution in [2.75, 3.05) is 30.7 Å². The van der Waals surface area contributed by atoms with Crippen molar-refractivity contribution in [3.63, 3.8) is 0 Å². The van der Waals surface area contributed by atoms with Crippen molar-refractivity contribution in [3.8, 4) is 5.82 Å². The number of hydrogen-bond acceptors (Lipinski definition) is 8. The van der Waals surface area contributed by atoms with Crippen LogP contribution in [0.1, 0.15) is 19.3 Å². The summed E-state index contributed by atoms with van der Waals surface area (Å²) in [7, 11) is -3.60. The first-order valence-electron chi connectivity index (χ1n) is 8.83. The van der Waals surface area contributed by atoms with Crippen LogP contribution >= 0.6 is 0 Å². The Hall–Kier alpha value is -2.86. The summed E-state index contributed by atoms with van der Waals surface area (Å²) in [5.41, 5.74) is 0. The minimum absolute atomic E-state index is 0.124. The summed E-state index contributed by atoms with van der Waals surface area (Å²) in [4.78, 5) is 24.4. The van der Waals surface area contributed by atoms with E-state index in [1.165, 1.54) is 0 Å². The van der Waals surface area contributed by atoms with Gasteiger partial charge >= 0.3 is 0 Å². The second-order valence-corrected chi connectivity index (χ2v) is 8.09. The van der Waals surface area contributed by atoms with Crippen molar-refractivity contribution >= 4 is 27.7 Å². The summed E-state index contributed by atoms with van der Waals surface area (Å²) >= 11 is 0. The molecule has 0 aliphatic carbocycles. The van der Waals surface area contributed by atoms with Crippen LogP contribution in [0.4, 0.5) is 5.82 Å². The van der Waals surface area contributed by atoms with Gasteiger partial charge in [0.1, 0.15) is 5.82 Å². The Bertz CT molecular complexity index is 897. The van der Waals surface area contributed by atoms with E-state index in [9.17, 15) is 18.0 Å². The molecule has 3 rings (SSSR count). The van der Waals surface area contributed by atoms with E-state index in [2.05, 4.69) is 25.3 Å². The van der Waals surface area contributed by atoms with E-state index in [4.69, 9.17) is 0 Å². The molecule has 2 aromatic rings. The Kier molecular flexibility index (Phi) is 6.31. The lowest BCUT2D eigenvalue weighted by molar-refractivity contribution is -0.147. The van der Waals surface area contributed by atoms with Gasteiger partial charge in [-0.15, -0.1) is 10.2 Å². The predicted octanol–water partition coefficient (Wildman–Crippen LogP) is -0.467. The number of carbonyl (C=O) groups is 2. The molecule has 2 N–H and O–H groups in total. The van der Waals surface area contributed by atoms with Crippen molar-refractivity contribution in [3.05, 3.63) is 30.6 Å². The Morgan fingerprint density at radius 1 is 1.07 bits per heavy atom. The summed E-state index contributed by atoms with van der Waals surface area (Å²) in [5, 5.41) is 15.0. The molecule has 0 saturated carbocycles. The van der Waals surface area contributed by atoms with E-state index in [1.807, 2.05) is 0 Å². The van der Waals surface area contributed by atoms with E-state index in [0.717, 1.165) is 4.90 Å². The van der Waals surface area contributed by atoms with Crippen molar-refractivity contribution < 1.29 is 18.0 Å². The minimum Gasteiger partial charge on any atom is -0.367 e. The molecule has 11 nitrogen and oxygen atoms in total. The standard InChI is InChI=1S/C16H21N7O4S/c24-15-3-1-4-16(25)22(15)11-12-28(26,27)19-9-8-17-13-5-6-14(21-20-13)23-10-2-7-18-23/h2,5-7,10,19H,1,3-4,8-9,11-12H2,(H,17,20). The Labute approximate surface area is 162 Å². The average molecular weight is 407 g/mol. The van der Waals surface area contributed by atoms with Crippen LogP contribution in [0.2, 0.25) is 0 Å². The number of sulfonamides is 1. The molecule has 12 heteroatoms. The number of piperidine rings is 1. The summed E-state index contributed by atoms with van der Waals surface area (Å²) < 4.78 is 28.1.